The summed E-state index contributed by atoms with van der Waals surface area (Å²) in [4.78, 5) is 18.7. The molecule has 0 spiro atoms. The zero-order valence-corrected chi connectivity index (χ0v) is 17.9. The van der Waals surface area contributed by atoms with Crippen molar-refractivity contribution in [3.05, 3.63) is 67.8 Å². The summed E-state index contributed by atoms with van der Waals surface area (Å²) in [6, 6.07) is 19.2. The van der Waals surface area contributed by atoms with Crippen molar-refractivity contribution < 1.29 is 14.4 Å². The van der Waals surface area contributed by atoms with Gasteiger partial charge in [-0.2, -0.15) is 0 Å². The molecule has 0 unspecified atom stereocenters. The Hall–Kier alpha value is -0.930. The van der Waals surface area contributed by atoms with Crippen LogP contribution in [-0.2, 0) is 4.57 Å². The van der Waals surface area contributed by atoms with Crippen molar-refractivity contribution in [2.75, 3.05) is 0 Å². The first-order chi connectivity index (χ1) is 11.8. The molecule has 4 rings (SSSR count). The average molecular weight is 575 g/mol. The van der Waals surface area contributed by atoms with E-state index in [0.717, 1.165) is 34.6 Å². The minimum Gasteiger partial charge on any atom is -0.321 e. The van der Waals surface area contributed by atoms with E-state index in [1.807, 2.05) is 0 Å². The summed E-state index contributed by atoms with van der Waals surface area (Å²) in [6.45, 7) is 0. The van der Waals surface area contributed by atoms with Crippen molar-refractivity contribution in [1.29, 1.82) is 0 Å². The Bertz CT molecular complexity index is 1100. The maximum Gasteiger partial charge on any atom is 0.356 e. The summed E-state index contributed by atoms with van der Waals surface area (Å²) < 4.78 is 15.8. The van der Waals surface area contributed by atoms with Gasteiger partial charge in [0.25, 0.3) is 0 Å². The van der Waals surface area contributed by atoms with Crippen LogP contribution in [0.3, 0.4) is 0 Å². The van der Waals surface area contributed by atoms with Crippen LogP contribution < -0.4 is 5.30 Å². The molecule has 0 fully saturated rings. The molecular weight excluding hydrogens is 563 g/mol. The first-order valence-corrected chi connectivity index (χ1v) is 11.2. The van der Waals surface area contributed by atoms with Crippen LogP contribution in [0.15, 0.2) is 60.7 Å². The standard InChI is InChI=1S/C18H12I2NO3P/c19-11-1-7-15-16-8-2-12(20)10-18(16)21(17(15)9-11)13-3-5-14(6-4-13)25(22,23)24/h1-10H,(H2,22,23,24). The zero-order valence-electron chi connectivity index (χ0n) is 12.7. The molecule has 1 aromatic heterocycles. The first kappa shape index (κ1) is 17.5. The number of benzene rings is 3. The number of nitrogens with zero attached hydrogens (tertiary/aromatic N) is 1. The first-order valence-electron chi connectivity index (χ1n) is 7.40. The third kappa shape index (κ3) is 3.14. The highest BCUT2D eigenvalue weighted by atomic mass is 127. The number of aromatic nitrogens is 1. The molecule has 0 atom stereocenters. The van der Waals surface area contributed by atoms with Gasteiger partial charge in [-0.15, -0.1) is 0 Å². The van der Waals surface area contributed by atoms with Gasteiger partial charge >= 0.3 is 7.60 Å². The second-order valence-electron chi connectivity index (χ2n) is 5.72. The van der Waals surface area contributed by atoms with E-state index in [1.54, 1.807) is 12.1 Å². The Morgan fingerprint density at radius 1 is 0.760 bits per heavy atom. The van der Waals surface area contributed by atoms with Gasteiger partial charge in [0.15, 0.2) is 0 Å². The molecule has 0 aliphatic heterocycles. The lowest BCUT2D eigenvalue weighted by atomic mass is 10.2. The van der Waals surface area contributed by atoms with E-state index in [1.165, 1.54) is 12.1 Å². The molecule has 0 saturated heterocycles. The quantitative estimate of drug-likeness (QED) is 0.267. The fraction of sp³-hybridized carbons (Fsp3) is 0. The van der Waals surface area contributed by atoms with Crippen LogP contribution in [0.25, 0.3) is 27.5 Å². The van der Waals surface area contributed by atoms with Gasteiger partial charge in [-0.3, -0.25) is 4.57 Å². The third-order valence-corrected chi connectivity index (χ3v) is 6.45. The van der Waals surface area contributed by atoms with E-state index < -0.39 is 7.60 Å². The Morgan fingerprint density at radius 3 is 1.68 bits per heavy atom. The third-order valence-electron chi connectivity index (χ3n) is 4.14. The van der Waals surface area contributed by atoms with Crippen molar-refractivity contribution in [2.45, 2.75) is 0 Å². The Morgan fingerprint density at radius 2 is 1.24 bits per heavy atom. The zero-order chi connectivity index (χ0) is 17.8. The molecule has 0 aliphatic rings. The van der Waals surface area contributed by atoms with Gasteiger partial charge in [0.2, 0.25) is 0 Å². The van der Waals surface area contributed by atoms with E-state index in [-0.39, 0.29) is 5.30 Å². The topological polar surface area (TPSA) is 62.5 Å². The van der Waals surface area contributed by atoms with E-state index >= 15 is 0 Å². The van der Waals surface area contributed by atoms with Crippen molar-refractivity contribution in [3.8, 4) is 5.69 Å². The summed E-state index contributed by atoms with van der Waals surface area (Å²) in [5, 5.41) is 2.35. The predicted octanol–water partition coefficient (Wildman–Crippen LogP) is 4.80. The molecule has 4 aromatic rings. The second kappa shape index (κ2) is 6.35. The van der Waals surface area contributed by atoms with Gasteiger partial charge < -0.3 is 14.4 Å². The molecular formula is C18H12I2NO3P. The summed E-state index contributed by atoms with van der Waals surface area (Å²) in [6.07, 6.45) is 0. The second-order valence-corrected chi connectivity index (χ2v) is 9.81. The van der Waals surface area contributed by atoms with Crippen LogP contribution in [-0.4, -0.2) is 14.4 Å². The van der Waals surface area contributed by atoms with Crippen LogP contribution >= 0.6 is 52.8 Å². The highest BCUT2D eigenvalue weighted by molar-refractivity contribution is 14.1. The maximum absolute atomic E-state index is 11.4. The van der Waals surface area contributed by atoms with Crippen molar-refractivity contribution >= 4 is 79.9 Å². The van der Waals surface area contributed by atoms with Gasteiger partial charge in [0, 0.05) is 23.6 Å². The van der Waals surface area contributed by atoms with E-state index in [4.69, 9.17) is 0 Å². The minimum atomic E-state index is -4.24. The lowest BCUT2D eigenvalue weighted by Crippen LogP contribution is -2.04. The van der Waals surface area contributed by atoms with Crippen LogP contribution in [0.5, 0.6) is 0 Å². The summed E-state index contributed by atoms with van der Waals surface area (Å²) in [5.74, 6) is 0. The summed E-state index contributed by atoms with van der Waals surface area (Å²) >= 11 is 4.59. The molecule has 0 amide bonds. The molecule has 0 radical (unpaired) electrons. The number of hydrogen-bond acceptors (Lipinski definition) is 1. The highest BCUT2D eigenvalue weighted by Gasteiger charge is 2.18. The summed E-state index contributed by atoms with van der Waals surface area (Å²) in [5.41, 5.74) is 3.03. The number of hydrogen-bond donors (Lipinski definition) is 2. The molecule has 25 heavy (non-hydrogen) atoms. The highest BCUT2D eigenvalue weighted by Crippen LogP contribution is 2.36. The van der Waals surface area contributed by atoms with Crippen molar-refractivity contribution in [2.24, 2.45) is 0 Å². The van der Waals surface area contributed by atoms with Gasteiger partial charge in [0.1, 0.15) is 0 Å². The van der Waals surface area contributed by atoms with Gasteiger partial charge in [-0.05, 0) is 93.7 Å². The fourth-order valence-electron chi connectivity index (χ4n) is 3.04. The monoisotopic (exact) mass is 575 g/mol. The van der Waals surface area contributed by atoms with Crippen molar-refractivity contribution in [1.82, 2.24) is 4.57 Å². The molecule has 1 heterocycles. The number of halogens is 2. The lowest BCUT2D eigenvalue weighted by molar-refractivity contribution is 0.387. The van der Waals surface area contributed by atoms with Crippen molar-refractivity contribution in [3.63, 3.8) is 0 Å². The van der Waals surface area contributed by atoms with E-state index in [2.05, 4.69) is 86.1 Å². The molecule has 0 saturated carbocycles. The molecule has 7 heteroatoms. The molecule has 2 N–H and O–H groups in total. The van der Waals surface area contributed by atoms with Crippen LogP contribution in [0.2, 0.25) is 0 Å². The van der Waals surface area contributed by atoms with Crippen LogP contribution in [0.1, 0.15) is 0 Å². The normalized spacial score (nSPS) is 12.2. The Balaban J connectivity index is 2.06. The smallest absolute Gasteiger partial charge is 0.321 e. The molecule has 3 aromatic carbocycles. The largest absolute Gasteiger partial charge is 0.356 e. The fourth-order valence-corrected chi connectivity index (χ4v) is 4.53. The molecule has 0 bridgehead atoms. The molecule has 4 nitrogen and oxygen atoms in total. The minimum absolute atomic E-state index is 0.0289. The number of rotatable bonds is 2. The van der Waals surface area contributed by atoms with Gasteiger partial charge in [0.05, 0.1) is 16.3 Å². The Kier molecular flexibility index (Phi) is 4.44. The van der Waals surface area contributed by atoms with Gasteiger partial charge in [-0.1, -0.05) is 12.1 Å². The SMILES string of the molecule is O=P(O)(O)c1ccc(-n2c3cc(I)ccc3c3ccc(I)cc32)cc1. The van der Waals surface area contributed by atoms with E-state index in [9.17, 15) is 14.4 Å². The maximum atomic E-state index is 11.4. The van der Waals surface area contributed by atoms with Gasteiger partial charge in [-0.25, -0.2) is 0 Å². The van der Waals surface area contributed by atoms with Crippen LogP contribution in [0.4, 0.5) is 0 Å². The number of fused-ring (bicyclic) bond motifs is 3. The Labute approximate surface area is 171 Å². The lowest BCUT2D eigenvalue weighted by Gasteiger charge is -2.10. The average Bonchev–Trinajstić information content (AvgIpc) is 2.86. The predicted molar refractivity (Wildman–Crippen MR) is 118 cm³/mol. The molecule has 0 aliphatic carbocycles. The summed E-state index contributed by atoms with van der Waals surface area (Å²) in [7, 11) is -4.24. The van der Waals surface area contributed by atoms with Crippen LogP contribution in [0, 0.1) is 7.14 Å². The molecule has 126 valence electrons. The van der Waals surface area contributed by atoms with E-state index in [0.29, 0.717) is 0 Å².